The highest BCUT2D eigenvalue weighted by Gasteiger charge is 2.14. The van der Waals surface area contributed by atoms with E-state index in [4.69, 9.17) is 16.7 Å². The van der Waals surface area contributed by atoms with Gasteiger partial charge < -0.3 is 10.2 Å². The molecule has 0 spiro atoms. The Balaban J connectivity index is 2.04. The number of aromatic carboxylic acids is 1. The average molecular weight is 345 g/mol. The van der Waals surface area contributed by atoms with Crippen molar-refractivity contribution in [3.8, 4) is 11.6 Å². The summed E-state index contributed by atoms with van der Waals surface area (Å²) in [6.07, 6.45) is 1.29. The van der Waals surface area contributed by atoms with E-state index in [1.54, 1.807) is 30.3 Å². The van der Waals surface area contributed by atoms with Gasteiger partial charge in [0.05, 0.1) is 24.0 Å². The second-order valence-electron chi connectivity index (χ2n) is 5.18. The van der Waals surface area contributed by atoms with Gasteiger partial charge in [-0.3, -0.25) is 4.57 Å². The van der Waals surface area contributed by atoms with Gasteiger partial charge in [0.1, 0.15) is 0 Å². The summed E-state index contributed by atoms with van der Waals surface area (Å²) in [6.45, 7) is 0.192. The molecule has 3 rings (SSSR count). The lowest BCUT2D eigenvalue weighted by Gasteiger charge is -2.05. The van der Waals surface area contributed by atoms with Gasteiger partial charge >= 0.3 is 11.7 Å². The number of hydrogen-bond acceptors (Lipinski definition) is 3. The van der Waals surface area contributed by atoms with Crippen molar-refractivity contribution in [2.24, 2.45) is 0 Å². The van der Waals surface area contributed by atoms with Gasteiger partial charge in [-0.15, -0.1) is 0 Å². The highest BCUT2D eigenvalue weighted by atomic mass is 35.5. The first kappa shape index (κ1) is 15.9. The Morgan fingerprint density at radius 1 is 1.12 bits per heavy atom. The summed E-state index contributed by atoms with van der Waals surface area (Å²) < 4.78 is 2.35. The number of carbonyl (C=O) groups is 1. The minimum absolute atomic E-state index is 0.0256. The molecule has 1 heterocycles. The van der Waals surface area contributed by atoms with E-state index in [1.807, 2.05) is 0 Å². The molecule has 7 heteroatoms. The molecule has 0 unspecified atom stereocenters. The molecule has 122 valence electrons. The van der Waals surface area contributed by atoms with E-state index in [0.29, 0.717) is 5.02 Å². The number of imidazole rings is 1. The Morgan fingerprint density at radius 2 is 1.88 bits per heavy atom. The number of benzene rings is 2. The third-order valence-electron chi connectivity index (χ3n) is 3.59. The zero-order chi connectivity index (χ0) is 17.3. The number of rotatable bonds is 4. The van der Waals surface area contributed by atoms with Crippen molar-refractivity contribution in [2.75, 3.05) is 0 Å². The molecule has 0 atom stereocenters. The Bertz CT molecular complexity index is 975. The van der Waals surface area contributed by atoms with E-state index >= 15 is 0 Å². The zero-order valence-electron chi connectivity index (χ0n) is 12.4. The molecule has 2 N–H and O–H groups in total. The summed E-state index contributed by atoms with van der Waals surface area (Å²) in [5.41, 5.74) is 0.542. The topological polar surface area (TPSA) is 84.5 Å². The van der Waals surface area contributed by atoms with Crippen LogP contribution in [0, 0.1) is 0 Å². The zero-order valence-corrected chi connectivity index (χ0v) is 13.1. The second kappa shape index (κ2) is 6.25. The fourth-order valence-electron chi connectivity index (χ4n) is 2.42. The summed E-state index contributed by atoms with van der Waals surface area (Å²) in [5, 5.41) is 19.7. The van der Waals surface area contributed by atoms with Crippen molar-refractivity contribution in [1.82, 2.24) is 9.13 Å². The lowest BCUT2D eigenvalue weighted by atomic mass is 10.2. The molecular weight excluding hydrogens is 332 g/mol. The van der Waals surface area contributed by atoms with E-state index in [1.165, 1.54) is 29.0 Å². The molecule has 3 aromatic rings. The summed E-state index contributed by atoms with van der Waals surface area (Å²) in [7, 11) is 0. The molecular formula is C17H13ClN2O4. The Hall–Kier alpha value is -2.99. The highest BCUT2D eigenvalue weighted by molar-refractivity contribution is 6.31. The molecule has 0 aliphatic heterocycles. The van der Waals surface area contributed by atoms with Crippen LogP contribution in [0.25, 0.3) is 5.69 Å². The molecule has 0 radical (unpaired) electrons. The van der Waals surface area contributed by atoms with Crippen LogP contribution in [0.1, 0.15) is 15.9 Å². The van der Waals surface area contributed by atoms with Gasteiger partial charge in [0.15, 0.2) is 0 Å². The normalized spacial score (nSPS) is 10.7. The molecule has 0 aliphatic rings. The molecule has 2 aromatic carbocycles. The van der Waals surface area contributed by atoms with Gasteiger partial charge in [-0.1, -0.05) is 35.9 Å². The molecule has 1 aromatic heterocycles. The molecule has 24 heavy (non-hydrogen) atoms. The smallest absolute Gasteiger partial charge is 0.336 e. The van der Waals surface area contributed by atoms with Crippen LogP contribution in [-0.2, 0) is 6.54 Å². The number of hydrogen-bond donors (Lipinski definition) is 2. The van der Waals surface area contributed by atoms with Crippen LogP contribution in [0.4, 0.5) is 0 Å². The summed E-state index contributed by atoms with van der Waals surface area (Å²) >= 11 is 6.10. The van der Waals surface area contributed by atoms with Crippen molar-refractivity contribution in [3.63, 3.8) is 0 Å². The maximum absolute atomic E-state index is 12.6. The summed E-state index contributed by atoms with van der Waals surface area (Å²) in [6, 6.07) is 12.9. The Kier molecular flexibility index (Phi) is 4.14. The molecule has 0 aliphatic carbocycles. The predicted molar refractivity (Wildman–Crippen MR) is 89.2 cm³/mol. The highest BCUT2D eigenvalue weighted by Crippen LogP contribution is 2.19. The molecule has 6 nitrogen and oxygen atoms in total. The van der Waals surface area contributed by atoms with Crippen LogP contribution in [0.5, 0.6) is 5.88 Å². The SMILES string of the molecule is O=C(O)c1cccc(-n2c(O)cn(Cc3ccccc3Cl)c2=O)c1. The standard InChI is InChI=1S/C17H13ClN2O4/c18-14-7-2-1-4-12(14)9-19-10-15(21)20(17(19)24)13-6-3-5-11(8-13)16(22)23/h1-8,10,21H,9H2,(H,22,23). The first-order chi connectivity index (χ1) is 11.5. The number of carboxylic acid groups (broad SMARTS) is 1. The molecule has 0 amide bonds. The minimum Gasteiger partial charge on any atom is -0.493 e. The van der Waals surface area contributed by atoms with Crippen LogP contribution < -0.4 is 5.69 Å². The van der Waals surface area contributed by atoms with E-state index in [-0.39, 0.29) is 23.7 Å². The quantitative estimate of drug-likeness (QED) is 0.762. The third kappa shape index (κ3) is 2.91. The fraction of sp³-hybridized carbons (Fsp3) is 0.0588. The van der Waals surface area contributed by atoms with Crippen LogP contribution >= 0.6 is 11.6 Å². The number of aromatic hydroxyl groups is 1. The first-order valence-electron chi connectivity index (χ1n) is 7.05. The number of aromatic nitrogens is 2. The van der Waals surface area contributed by atoms with E-state index < -0.39 is 11.7 Å². The van der Waals surface area contributed by atoms with Crippen molar-refractivity contribution >= 4 is 17.6 Å². The van der Waals surface area contributed by atoms with Gasteiger partial charge in [-0.25, -0.2) is 14.2 Å². The number of nitrogens with zero attached hydrogens (tertiary/aromatic N) is 2. The maximum Gasteiger partial charge on any atom is 0.336 e. The Labute approximate surface area is 141 Å². The van der Waals surface area contributed by atoms with E-state index in [9.17, 15) is 14.7 Å². The van der Waals surface area contributed by atoms with Crippen molar-refractivity contribution in [1.29, 1.82) is 0 Å². The molecule has 0 bridgehead atoms. The number of carboxylic acids is 1. The molecule has 0 saturated carbocycles. The maximum atomic E-state index is 12.6. The lowest BCUT2D eigenvalue weighted by Crippen LogP contribution is -2.23. The van der Waals surface area contributed by atoms with E-state index in [2.05, 4.69) is 0 Å². The van der Waals surface area contributed by atoms with E-state index in [0.717, 1.165) is 10.1 Å². The monoisotopic (exact) mass is 344 g/mol. The van der Waals surface area contributed by atoms with Gasteiger partial charge in [0.25, 0.3) is 0 Å². The van der Waals surface area contributed by atoms with Crippen LogP contribution in [-0.4, -0.2) is 25.3 Å². The van der Waals surface area contributed by atoms with Crippen LogP contribution in [0.15, 0.2) is 59.5 Å². The second-order valence-corrected chi connectivity index (χ2v) is 5.59. The van der Waals surface area contributed by atoms with Crippen molar-refractivity contribution < 1.29 is 15.0 Å². The summed E-state index contributed by atoms with van der Waals surface area (Å²) in [4.78, 5) is 23.6. The van der Waals surface area contributed by atoms with Gasteiger partial charge in [0, 0.05) is 5.02 Å². The van der Waals surface area contributed by atoms with Gasteiger partial charge in [-0.2, -0.15) is 0 Å². The molecule has 0 fully saturated rings. The fourth-order valence-corrected chi connectivity index (χ4v) is 2.62. The third-order valence-corrected chi connectivity index (χ3v) is 3.96. The first-order valence-corrected chi connectivity index (χ1v) is 7.43. The Morgan fingerprint density at radius 3 is 2.58 bits per heavy atom. The van der Waals surface area contributed by atoms with Crippen molar-refractivity contribution in [2.45, 2.75) is 6.54 Å². The number of halogens is 1. The van der Waals surface area contributed by atoms with Gasteiger partial charge in [0.2, 0.25) is 5.88 Å². The molecule has 0 saturated heterocycles. The lowest BCUT2D eigenvalue weighted by molar-refractivity contribution is 0.0697. The van der Waals surface area contributed by atoms with Gasteiger partial charge in [-0.05, 0) is 29.8 Å². The average Bonchev–Trinajstić information content (AvgIpc) is 2.83. The predicted octanol–water partition coefficient (Wildman–Crippen LogP) is 2.74. The minimum atomic E-state index is -1.11. The summed E-state index contributed by atoms with van der Waals surface area (Å²) in [5.74, 6) is -1.39. The van der Waals surface area contributed by atoms with Crippen molar-refractivity contribution in [3.05, 3.63) is 81.4 Å². The van der Waals surface area contributed by atoms with Crippen LogP contribution in [0.3, 0.4) is 0 Å². The van der Waals surface area contributed by atoms with Crippen LogP contribution in [0.2, 0.25) is 5.02 Å². The largest absolute Gasteiger partial charge is 0.493 e.